The summed E-state index contributed by atoms with van der Waals surface area (Å²) in [5, 5.41) is 29.2. The normalized spacial score (nSPS) is 17.1. The fourth-order valence-corrected chi connectivity index (χ4v) is 3.89. The molecule has 1 aliphatic heterocycles. The monoisotopic (exact) mass is 510 g/mol. The molecule has 37 heavy (non-hydrogen) atoms. The zero-order chi connectivity index (χ0) is 26.9. The molecule has 4 atom stereocenters. The molecule has 1 heterocycles. The van der Waals surface area contributed by atoms with Gasteiger partial charge in [0.2, 0.25) is 23.6 Å². The van der Waals surface area contributed by atoms with Gasteiger partial charge in [-0.1, -0.05) is 42.5 Å². The Kier molecular flexibility index (Phi) is 9.20. The van der Waals surface area contributed by atoms with E-state index in [4.69, 9.17) is 0 Å². The van der Waals surface area contributed by atoms with Crippen molar-refractivity contribution in [3.8, 4) is 5.75 Å². The van der Waals surface area contributed by atoms with Gasteiger partial charge < -0.3 is 31.5 Å². The summed E-state index contributed by atoms with van der Waals surface area (Å²) in [5.41, 5.74) is 1.36. The Labute approximate surface area is 213 Å². The maximum Gasteiger partial charge on any atom is 0.326 e. The lowest BCUT2D eigenvalue weighted by molar-refractivity contribution is -0.142. The van der Waals surface area contributed by atoms with Crippen LogP contribution < -0.4 is 21.3 Å². The van der Waals surface area contributed by atoms with Crippen molar-refractivity contribution in [2.75, 3.05) is 0 Å². The number of phenolic OH excluding ortho intramolecular Hbond substituents is 1. The van der Waals surface area contributed by atoms with Crippen LogP contribution in [0.5, 0.6) is 5.75 Å². The summed E-state index contributed by atoms with van der Waals surface area (Å²) in [5.74, 6) is -3.33. The van der Waals surface area contributed by atoms with E-state index in [1.807, 2.05) is 0 Å². The van der Waals surface area contributed by atoms with Crippen LogP contribution in [0.2, 0.25) is 0 Å². The maximum atomic E-state index is 13.1. The Balaban J connectivity index is 1.66. The highest BCUT2D eigenvalue weighted by Gasteiger charge is 2.32. The van der Waals surface area contributed by atoms with Gasteiger partial charge in [0.15, 0.2) is 0 Å². The van der Waals surface area contributed by atoms with Crippen molar-refractivity contribution < 1.29 is 34.2 Å². The number of aliphatic carboxylic acids is 1. The molecule has 3 rings (SSSR count). The second-order valence-electron chi connectivity index (χ2n) is 8.91. The van der Waals surface area contributed by atoms with Crippen molar-refractivity contribution in [1.82, 2.24) is 21.3 Å². The lowest BCUT2D eigenvalue weighted by atomic mass is 10.0. The van der Waals surface area contributed by atoms with Crippen LogP contribution in [0.1, 0.15) is 30.9 Å². The zero-order valence-electron chi connectivity index (χ0n) is 20.3. The van der Waals surface area contributed by atoms with Crippen LogP contribution in [0, 0.1) is 0 Å². The zero-order valence-corrected chi connectivity index (χ0v) is 20.3. The van der Waals surface area contributed by atoms with Gasteiger partial charge in [-0.05, 0) is 36.6 Å². The largest absolute Gasteiger partial charge is 0.508 e. The number of hydrogen-bond donors (Lipinski definition) is 6. The summed E-state index contributed by atoms with van der Waals surface area (Å²) >= 11 is 0. The maximum absolute atomic E-state index is 13.1. The van der Waals surface area contributed by atoms with E-state index in [9.17, 15) is 34.2 Å². The fourth-order valence-electron chi connectivity index (χ4n) is 3.89. The van der Waals surface area contributed by atoms with E-state index in [-0.39, 0.29) is 30.9 Å². The van der Waals surface area contributed by atoms with Crippen LogP contribution in [0.25, 0.3) is 0 Å². The standard InChI is InChI=1S/C26H30N4O7/c1-15(23(33)30-21(26(36)37)14-16-5-3-2-4-6-16)27-25(35)20(13-17-7-9-18(31)10-8-17)29-24(34)19-11-12-22(32)28-19/h2-10,15,19-21,31H,11-14H2,1H3,(H,27,35)(H,28,32)(H,29,34)(H,30,33)(H,36,37)/t15-,19-,20-,21-/m0/s1. The summed E-state index contributed by atoms with van der Waals surface area (Å²) in [4.78, 5) is 61.7. The molecule has 11 heteroatoms. The number of carboxylic acid groups (broad SMARTS) is 1. The van der Waals surface area contributed by atoms with E-state index in [0.29, 0.717) is 12.0 Å². The molecule has 2 aromatic carbocycles. The van der Waals surface area contributed by atoms with Gasteiger partial charge in [0, 0.05) is 19.3 Å². The SMILES string of the molecule is C[C@H](NC(=O)[C@H](Cc1ccc(O)cc1)NC(=O)[C@@H]1CCC(=O)N1)C(=O)N[C@@H](Cc1ccccc1)C(=O)O. The van der Waals surface area contributed by atoms with Gasteiger partial charge in [-0.2, -0.15) is 0 Å². The first-order valence-corrected chi connectivity index (χ1v) is 11.9. The Morgan fingerprint density at radius 3 is 2.11 bits per heavy atom. The molecule has 1 fully saturated rings. The lowest BCUT2D eigenvalue weighted by Crippen LogP contribution is -2.57. The molecule has 196 valence electrons. The summed E-state index contributed by atoms with van der Waals surface area (Å²) < 4.78 is 0. The second-order valence-corrected chi connectivity index (χ2v) is 8.91. The predicted molar refractivity (Wildman–Crippen MR) is 132 cm³/mol. The molecule has 0 unspecified atom stereocenters. The molecule has 1 aliphatic rings. The number of carboxylic acids is 1. The van der Waals surface area contributed by atoms with Crippen LogP contribution in [0.15, 0.2) is 54.6 Å². The van der Waals surface area contributed by atoms with Crippen molar-refractivity contribution >= 4 is 29.6 Å². The van der Waals surface area contributed by atoms with Crippen LogP contribution in [-0.2, 0) is 36.8 Å². The minimum atomic E-state index is -1.22. The topological polar surface area (TPSA) is 174 Å². The number of nitrogens with one attached hydrogen (secondary N) is 4. The molecular weight excluding hydrogens is 480 g/mol. The Morgan fingerprint density at radius 1 is 0.892 bits per heavy atom. The highest BCUT2D eigenvalue weighted by Crippen LogP contribution is 2.13. The summed E-state index contributed by atoms with van der Waals surface area (Å²) in [6.45, 7) is 1.41. The fraction of sp³-hybridized carbons (Fsp3) is 0.346. The minimum Gasteiger partial charge on any atom is -0.508 e. The van der Waals surface area contributed by atoms with Gasteiger partial charge in [-0.3, -0.25) is 19.2 Å². The average molecular weight is 511 g/mol. The van der Waals surface area contributed by atoms with Gasteiger partial charge in [0.25, 0.3) is 0 Å². The van der Waals surface area contributed by atoms with Crippen LogP contribution >= 0.6 is 0 Å². The van der Waals surface area contributed by atoms with Crippen LogP contribution in [-0.4, -0.2) is 64.0 Å². The van der Waals surface area contributed by atoms with Gasteiger partial charge in [-0.15, -0.1) is 0 Å². The molecule has 0 bridgehead atoms. The van der Waals surface area contributed by atoms with Crippen molar-refractivity contribution in [2.45, 2.75) is 56.8 Å². The van der Waals surface area contributed by atoms with E-state index < -0.39 is 47.9 Å². The first kappa shape index (κ1) is 27.2. The molecule has 0 spiro atoms. The Bertz CT molecular complexity index is 1140. The van der Waals surface area contributed by atoms with E-state index in [1.165, 1.54) is 19.1 Å². The number of benzene rings is 2. The quantitative estimate of drug-likeness (QED) is 0.247. The highest BCUT2D eigenvalue weighted by molar-refractivity contribution is 5.96. The van der Waals surface area contributed by atoms with Crippen LogP contribution in [0.3, 0.4) is 0 Å². The van der Waals surface area contributed by atoms with Crippen LogP contribution in [0.4, 0.5) is 0 Å². The molecule has 2 aromatic rings. The van der Waals surface area contributed by atoms with E-state index in [1.54, 1.807) is 42.5 Å². The van der Waals surface area contributed by atoms with Crippen molar-refractivity contribution in [2.24, 2.45) is 0 Å². The minimum absolute atomic E-state index is 0.0382. The summed E-state index contributed by atoms with van der Waals surface area (Å²) in [7, 11) is 0. The second kappa shape index (κ2) is 12.5. The molecule has 11 nitrogen and oxygen atoms in total. The smallest absolute Gasteiger partial charge is 0.326 e. The molecule has 1 saturated heterocycles. The first-order chi connectivity index (χ1) is 17.6. The third-order valence-corrected chi connectivity index (χ3v) is 5.97. The summed E-state index contributed by atoms with van der Waals surface area (Å²) in [6.07, 6.45) is 0.626. The Hall–Kier alpha value is -4.41. The van der Waals surface area contributed by atoms with Crippen molar-refractivity contribution in [1.29, 1.82) is 0 Å². The molecule has 4 amide bonds. The van der Waals surface area contributed by atoms with Gasteiger partial charge >= 0.3 is 5.97 Å². The number of aromatic hydroxyl groups is 1. The predicted octanol–water partition coefficient (Wildman–Crippen LogP) is 0.0149. The number of carbonyl (C=O) groups is 5. The number of rotatable bonds is 11. The highest BCUT2D eigenvalue weighted by atomic mass is 16.4. The molecule has 0 aliphatic carbocycles. The third kappa shape index (κ3) is 8.06. The molecule has 6 N–H and O–H groups in total. The average Bonchev–Trinajstić information content (AvgIpc) is 3.31. The number of carbonyl (C=O) groups excluding carboxylic acids is 4. The molecule has 0 aromatic heterocycles. The van der Waals surface area contributed by atoms with Gasteiger partial charge in [0.1, 0.15) is 29.9 Å². The first-order valence-electron chi connectivity index (χ1n) is 11.9. The number of amides is 4. The number of hydrogen-bond acceptors (Lipinski definition) is 6. The Morgan fingerprint density at radius 2 is 1.51 bits per heavy atom. The van der Waals surface area contributed by atoms with Gasteiger partial charge in [0.05, 0.1) is 0 Å². The third-order valence-electron chi connectivity index (χ3n) is 5.97. The molecule has 0 saturated carbocycles. The van der Waals surface area contributed by atoms with E-state index in [0.717, 1.165) is 5.56 Å². The lowest BCUT2D eigenvalue weighted by Gasteiger charge is -2.23. The van der Waals surface area contributed by atoms with Gasteiger partial charge in [-0.25, -0.2) is 4.79 Å². The number of phenols is 1. The van der Waals surface area contributed by atoms with E-state index in [2.05, 4.69) is 21.3 Å². The molecule has 0 radical (unpaired) electrons. The van der Waals surface area contributed by atoms with E-state index >= 15 is 0 Å². The van der Waals surface area contributed by atoms with Crippen molar-refractivity contribution in [3.05, 3.63) is 65.7 Å². The summed E-state index contributed by atoms with van der Waals surface area (Å²) in [6, 6.07) is 10.7. The van der Waals surface area contributed by atoms with Crippen molar-refractivity contribution in [3.63, 3.8) is 0 Å². The molecular formula is C26H30N4O7.